The van der Waals surface area contributed by atoms with Crippen LogP contribution in [0, 0.1) is 0 Å². The van der Waals surface area contributed by atoms with Gasteiger partial charge in [0.15, 0.2) is 0 Å². The third-order valence-electron chi connectivity index (χ3n) is 3.33. The fourth-order valence-corrected chi connectivity index (χ4v) is 2.54. The van der Waals surface area contributed by atoms with Gasteiger partial charge in [-0.2, -0.15) is 0 Å². The van der Waals surface area contributed by atoms with E-state index >= 15 is 0 Å². The Hall–Kier alpha value is -1.38. The van der Waals surface area contributed by atoms with Crippen LogP contribution in [0.25, 0.3) is 0 Å². The molecule has 1 aliphatic rings. The Labute approximate surface area is 95.5 Å². The molecule has 0 spiro atoms. The largest absolute Gasteiger partial charge is 0.481 e. The standard InChI is InChI=1S/C13H17NO2/c15-13(16)8-11-6-7-14-9-12(11)10-4-2-1-3-5-10/h6-7,9-10H,1-5,8H2,(H,15,16). The van der Waals surface area contributed by atoms with Gasteiger partial charge in [-0.05, 0) is 36.0 Å². The molecule has 1 aliphatic carbocycles. The molecule has 16 heavy (non-hydrogen) atoms. The van der Waals surface area contributed by atoms with Crippen molar-refractivity contribution in [3.05, 3.63) is 29.6 Å². The molecule has 1 N–H and O–H groups in total. The highest BCUT2D eigenvalue weighted by Crippen LogP contribution is 2.33. The van der Waals surface area contributed by atoms with Gasteiger partial charge in [-0.15, -0.1) is 0 Å². The molecule has 2 rings (SSSR count). The lowest BCUT2D eigenvalue weighted by Crippen LogP contribution is -2.10. The van der Waals surface area contributed by atoms with E-state index in [1.807, 2.05) is 12.3 Å². The Balaban J connectivity index is 2.20. The van der Waals surface area contributed by atoms with Crippen LogP contribution in [-0.4, -0.2) is 16.1 Å². The number of pyridine rings is 1. The topological polar surface area (TPSA) is 50.2 Å². The fourth-order valence-electron chi connectivity index (χ4n) is 2.54. The highest BCUT2D eigenvalue weighted by Gasteiger charge is 2.19. The molecular formula is C13H17NO2. The molecule has 0 unspecified atom stereocenters. The summed E-state index contributed by atoms with van der Waals surface area (Å²) in [6.07, 6.45) is 9.84. The minimum Gasteiger partial charge on any atom is -0.481 e. The lowest BCUT2D eigenvalue weighted by molar-refractivity contribution is -0.136. The minimum absolute atomic E-state index is 0.119. The highest BCUT2D eigenvalue weighted by atomic mass is 16.4. The van der Waals surface area contributed by atoms with Crippen molar-refractivity contribution in [1.29, 1.82) is 0 Å². The third-order valence-corrected chi connectivity index (χ3v) is 3.33. The van der Waals surface area contributed by atoms with Gasteiger partial charge in [-0.1, -0.05) is 19.3 Å². The van der Waals surface area contributed by atoms with Gasteiger partial charge in [0.1, 0.15) is 0 Å². The molecule has 0 amide bonds. The number of aliphatic carboxylic acids is 1. The first-order valence-corrected chi connectivity index (χ1v) is 5.92. The van der Waals surface area contributed by atoms with Crippen molar-refractivity contribution in [2.45, 2.75) is 44.4 Å². The van der Waals surface area contributed by atoms with E-state index in [4.69, 9.17) is 5.11 Å². The molecule has 0 bridgehead atoms. The van der Waals surface area contributed by atoms with Crippen molar-refractivity contribution in [3.63, 3.8) is 0 Å². The maximum Gasteiger partial charge on any atom is 0.307 e. The van der Waals surface area contributed by atoms with Crippen LogP contribution in [0.1, 0.15) is 49.1 Å². The van der Waals surface area contributed by atoms with E-state index in [0.29, 0.717) is 5.92 Å². The number of nitrogens with zero attached hydrogens (tertiary/aromatic N) is 1. The van der Waals surface area contributed by atoms with Gasteiger partial charge in [-0.25, -0.2) is 0 Å². The zero-order chi connectivity index (χ0) is 11.4. The molecule has 1 saturated carbocycles. The van der Waals surface area contributed by atoms with Crippen LogP contribution in [0.5, 0.6) is 0 Å². The summed E-state index contributed by atoms with van der Waals surface area (Å²) in [4.78, 5) is 14.9. The zero-order valence-corrected chi connectivity index (χ0v) is 9.35. The van der Waals surface area contributed by atoms with Crippen LogP contribution in [0.3, 0.4) is 0 Å². The molecule has 1 aromatic heterocycles. The number of aromatic nitrogens is 1. The van der Waals surface area contributed by atoms with Crippen molar-refractivity contribution in [1.82, 2.24) is 4.98 Å². The van der Waals surface area contributed by atoms with E-state index in [9.17, 15) is 4.79 Å². The molecule has 1 aromatic rings. The molecule has 0 atom stereocenters. The zero-order valence-electron chi connectivity index (χ0n) is 9.35. The van der Waals surface area contributed by atoms with Gasteiger partial charge in [0.2, 0.25) is 0 Å². The summed E-state index contributed by atoms with van der Waals surface area (Å²) in [5.74, 6) is -0.236. The summed E-state index contributed by atoms with van der Waals surface area (Å²) >= 11 is 0. The van der Waals surface area contributed by atoms with Crippen LogP contribution < -0.4 is 0 Å². The van der Waals surface area contributed by atoms with E-state index < -0.39 is 5.97 Å². The Morgan fingerprint density at radius 2 is 2.12 bits per heavy atom. The van der Waals surface area contributed by atoms with Gasteiger partial charge in [0.25, 0.3) is 0 Å². The molecule has 0 radical (unpaired) electrons. The summed E-state index contributed by atoms with van der Waals surface area (Å²) in [6, 6.07) is 1.85. The Morgan fingerprint density at radius 1 is 1.38 bits per heavy atom. The summed E-state index contributed by atoms with van der Waals surface area (Å²) in [7, 11) is 0. The third kappa shape index (κ3) is 2.60. The van der Waals surface area contributed by atoms with E-state index in [0.717, 1.165) is 11.1 Å². The van der Waals surface area contributed by atoms with Crippen LogP contribution in [-0.2, 0) is 11.2 Å². The van der Waals surface area contributed by atoms with Crippen LogP contribution in [0.2, 0.25) is 0 Å². The molecule has 0 saturated heterocycles. The van der Waals surface area contributed by atoms with Gasteiger partial charge < -0.3 is 5.11 Å². The fraction of sp³-hybridized carbons (Fsp3) is 0.538. The van der Waals surface area contributed by atoms with Gasteiger partial charge in [0.05, 0.1) is 6.42 Å². The predicted molar refractivity (Wildman–Crippen MR) is 61.4 cm³/mol. The smallest absolute Gasteiger partial charge is 0.307 e. The van der Waals surface area contributed by atoms with E-state index in [1.54, 1.807) is 6.20 Å². The highest BCUT2D eigenvalue weighted by molar-refractivity contribution is 5.70. The van der Waals surface area contributed by atoms with Crippen molar-refractivity contribution < 1.29 is 9.90 Å². The monoisotopic (exact) mass is 219 g/mol. The second-order valence-corrected chi connectivity index (χ2v) is 4.48. The van der Waals surface area contributed by atoms with Crippen LogP contribution in [0.15, 0.2) is 18.5 Å². The summed E-state index contributed by atoms with van der Waals surface area (Å²) in [5.41, 5.74) is 2.10. The maximum absolute atomic E-state index is 10.8. The van der Waals surface area contributed by atoms with Gasteiger partial charge >= 0.3 is 5.97 Å². The number of rotatable bonds is 3. The maximum atomic E-state index is 10.8. The number of hydrogen-bond acceptors (Lipinski definition) is 2. The van der Waals surface area contributed by atoms with E-state index in [-0.39, 0.29) is 6.42 Å². The first kappa shape index (κ1) is 11.1. The Bertz CT molecular complexity index is 370. The number of carboxylic acids is 1. The second-order valence-electron chi connectivity index (χ2n) is 4.48. The Kier molecular flexibility index (Phi) is 3.54. The number of carboxylic acid groups (broad SMARTS) is 1. The van der Waals surface area contributed by atoms with Crippen LogP contribution in [0.4, 0.5) is 0 Å². The summed E-state index contributed by atoms with van der Waals surface area (Å²) < 4.78 is 0. The van der Waals surface area contributed by atoms with Gasteiger partial charge in [0, 0.05) is 12.4 Å². The lowest BCUT2D eigenvalue weighted by atomic mass is 9.82. The van der Waals surface area contributed by atoms with Crippen LogP contribution >= 0.6 is 0 Å². The van der Waals surface area contributed by atoms with Crippen molar-refractivity contribution in [2.75, 3.05) is 0 Å². The van der Waals surface area contributed by atoms with Crippen molar-refractivity contribution in [3.8, 4) is 0 Å². The average molecular weight is 219 g/mol. The normalized spacial score (nSPS) is 17.2. The first-order valence-electron chi connectivity index (χ1n) is 5.92. The number of hydrogen-bond donors (Lipinski definition) is 1. The second kappa shape index (κ2) is 5.10. The molecule has 1 fully saturated rings. The van der Waals surface area contributed by atoms with Crippen molar-refractivity contribution >= 4 is 5.97 Å². The molecule has 3 nitrogen and oxygen atoms in total. The summed E-state index contributed by atoms with van der Waals surface area (Å²) in [6.45, 7) is 0. The molecule has 0 aliphatic heterocycles. The molecule has 1 heterocycles. The first-order chi connectivity index (χ1) is 7.77. The average Bonchev–Trinajstić information content (AvgIpc) is 2.30. The van der Waals surface area contributed by atoms with E-state index in [1.165, 1.54) is 32.1 Å². The number of carbonyl (C=O) groups is 1. The Morgan fingerprint density at radius 3 is 2.81 bits per heavy atom. The molecule has 0 aromatic carbocycles. The lowest BCUT2D eigenvalue weighted by Gasteiger charge is -2.23. The minimum atomic E-state index is -0.761. The molecule has 86 valence electrons. The van der Waals surface area contributed by atoms with Gasteiger partial charge in [-0.3, -0.25) is 9.78 Å². The van der Waals surface area contributed by atoms with Crippen molar-refractivity contribution in [2.24, 2.45) is 0 Å². The summed E-state index contributed by atoms with van der Waals surface area (Å²) in [5, 5.41) is 8.87. The molecule has 3 heteroatoms. The predicted octanol–water partition coefficient (Wildman–Crippen LogP) is 2.76. The van der Waals surface area contributed by atoms with E-state index in [2.05, 4.69) is 4.98 Å². The quantitative estimate of drug-likeness (QED) is 0.850. The SMILES string of the molecule is O=C(O)Cc1ccncc1C1CCCCC1. The molecular weight excluding hydrogens is 202 g/mol.